The molecular formula is C7H18NS+. The van der Waals surface area contributed by atoms with Gasteiger partial charge in [-0.1, -0.05) is 6.92 Å². The number of hydrogen-bond donors (Lipinski definition) is 0. The molecule has 0 spiro atoms. The van der Waals surface area contributed by atoms with Gasteiger partial charge < -0.3 is 4.48 Å². The maximum atomic E-state index is 2.28. The van der Waals surface area contributed by atoms with Crippen LogP contribution in [-0.2, 0) is 0 Å². The summed E-state index contributed by atoms with van der Waals surface area (Å²) < 4.78 is 1.15. The van der Waals surface area contributed by atoms with Crippen molar-refractivity contribution < 1.29 is 4.48 Å². The molecule has 0 aliphatic rings. The lowest BCUT2D eigenvalue weighted by atomic mass is 10.4. The highest BCUT2D eigenvalue weighted by molar-refractivity contribution is 7.98. The van der Waals surface area contributed by atoms with Gasteiger partial charge in [0.05, 0.1) is 20.6 Å². The summed E-state index contributed by atoms with van der Waals surface area (Å²) >= 11 is 1.92. The van der Waals surface area contributed by atoms with E-state index >= 15 is 0 Å². The highest BCUT2D eigenvalue weighted by atomic mass is 32.2. The number of quaternary nitrogens is 1. The van der Waals surface area contributed by atoms with Crippen molar-refractivity contribution in [3.8, 4) is 0 Å². The zero-order valence-corrected chi connectivity index (χ0v) is 7.79. The first-order chi connectivity index (χ1) is 4.12. The van der Waals surface area contributed by atoms with E-state index in [0.29, 0.717) is 0 Å². The minimum atomic E-state index is 1.15. The lowest BCUT2D eigenvalue weighted by molar-refractivity contribution is -0.877. The molecule has 1 nitrogen and oxygen atoms in total. The fourth-order valence-corrected chi connectivity index (χ4v) is 1.85. The first-order valence-electron chi connectivity index (χ1n) is 3.43. The maximum Gasteiger partial charge on any atom is 0.125 e. The summed E-state index contributed by atoms with van der Waals surface area (Å²) in [6.45, 7) is 3.53. The van der Waals surface area contributed by atoms with Crippen molar-refractivity contribution in [1.29, 1.82) is 0 Å². The Morgan fingerprint density at radius 2 is 1.89 bits per heavy atom. The molecule has 56 valence electrons. The standard InChI is InChI=1S/C7H18NS/c1-5-6-8(2,3)7-9-4/h5-7H2,1-4H3/q+1. The Bertz CT molecular complexity index is 63.3. The van der Waals surface area contributed by atoms with Crippen LogP contribution in [0.15, 0.2) is 0 Å². The van der Waals surface area contributed by atoms with E-state index in [2.05, 4.69) is 27.3 Å². The van der Waals surface area contributed by atoms with Gasteiger partial charge in [-0.05, 0) is 12.7 Å². The summed E-state index contributed by atoms with van der Waals surface area (Å²) in [5, 5.41) is 0. The van der Waals surface area contributed by atoms with Gasteiger partial charge in [0.15, 0.2) is 0 Å². The van der Waals surface area contributed by atoms with Crippen LogP contribution in [-0.4, -0.2) is 37.3 Å². The van der Waals surface area contributed by atoms with Crippen molar-refractivity contribution >= 4 is 11.8 Å². The van der Waals surface area contributed by atoms with Crippen LogP contribution in [0.4, 0.5) is 0 Å². The fourth-order valence-electron chi connectivity index (χ4n) is 1.02. The SMILES string of the molecule is CCC[N+](C)(C)CSC. The Kier molecular flexibility index (Phi) is 4.32. The summed E-state index contributed by atoms with van der Waals surface area (Å²) in [6, 6.07) is 0. The summed E-state index contributed by atoms with van der Waals surface area (Å²) in [5.74, 6) is 1.23. The summed E-state index contributed by atoms with van der Waals surface area (Å²) in [6.07, 6.45) is 3.45. The Balaban J connectivity index is 3.43. The van der Waals surface area contributed by atoms with Crippen molar-refractivity contribution in [2.75, 3.05) is 32.8 Å². The molecule has 0 heterocycles. The number of rotatable bonds is 4. The average Bonchev–Trinajstić information content (AvgIpc) is 1.64. The van der Waals surface area contributed by atoms with Gasteiger partial charge in [-0.3, -0.25) is 0 Å². The Morgan fingerprint density at radius 1 is 1.33 bits per heavy atom. The van der Waals surface area contributed by atoms with E-state index in [-0.39, 0.29) is 0 Å². The second kappa shape index (κ2) is 4.18. The molecule has 0 amide bonds. The molecule has 2 heteroatoms. The molecular weight excluding hydrogens is 130 g/mol. The zero-order valence-electron chi connectivity index (χ0n) is 6.98. The van der Waals surface area contributed by atoms with E-state index in [9.17, 15) is 0 Å². The smallest absolute Gasteiger partial charge is 0.125 e. The molecule has 0 N–H and O–H groups in total. The van der Waals surface area contributed by atoms with Gasteiger partial charge in [-0.15, -0.1) is 11.8 Å². The van der Waals surface area contributed by atoms with Crippen LogP contribution in [0.25, 0.3) is 0 Å². The molecule has 0 aliphatic heterocycles. The van der Waals surface area contributed by atoms with Crippen LogP contribution in [0.3, 0.4) is 0 Å². The highest BCUT2D eigenvalue weighted by Crippen LogP contribution is 2.05. The molecule has 0 bridgehead atoms. The van der Waals surface area contributed by atoms with Gasteiger partial charge in [0.25, 0.3) is 0 Å². The van der Waals surface area contributed by atoms with Crippen molar-refractivity contribution in [3.63, 3.8) is 0 Å². The van der Waals surface area contributed by atoms with Crippen molar-refractivity contribution in [2.24, 2.45) is 0 Å². The molecule has 0 saturated carbocycles. The predicted molar refractivity (Wildman–Crippen MR) is 45.6 cm³/mol. The Morgan fingerprint density at radius 3 is 2.22 bits per heavy atom. The molecule has 0 atom stereocenters. The number of nitrogens with zero attached hydrogens (tertiary/aromatic N) is 1. The predicted octanol–water partition coefficient (Wildman–Crippen LogP) is 1.79. The number of thioether (sulfide) groups is 1. The van der Waals surface area contributed by atoms with Crippen molar-refractivity contribution in [1.82, 2.24) is 0 Å². The monoisotopic (exact) mass is 148 g/mol. The first-order valence-corrected chi connectivity index (χ1v) is 4.82. The van der Waals surface area contributed by atoms with Crippen molar-refractivity contribution in [3.05, 3.63) is 0 Å². The van der Waals surface area contributed by atoms with Crippen LogP contribution in [0.1, 0.15) is 13.3 Å². The molecule has 0 saturated heterocycles. The van der Waals surface area contributed by atoms with Crippen LogP contribution < -0.4 is 0 Å². The average molecular weight is 148 g/mol. The third kappa shape index (κ3) is 4.79. The molecule has 0 unspecified atom stereocenters. The summed E-state index contributed by atoms with van der Waals surface area (Å²) in [5.41, 5.74) is 0. The van der Waals surface area contributed by atoms with E-state index in [1.165, 1.54) is 18.8 Å². The van der Waals surface area contributed by atoms with Gasteiger partial charge in [0, 0.05) is 0 Å². The minimum absolute atomic E-state index is 1.15. The quantitative estimate of drug-likeness (QED) is 0.433. The van der Waals surface area contributed by atoms with Gasteiger partial charge >= 0.3 is 0 Å². The molecule has 0 aliphatic carbocycles. The lowest BCUT2D eigenvalue weighted by Crippen LogP contribution is -2.39. The largest absolute Gasteiger partial charge is 0.320 e. The topological polar surface area (TPSA) is 0 Å². The third-order valence-corrected chi connectivity index (χ3v) is 2.26. The van der Waals surface area contributed by atoms with Gasteiger partial charge in [-0.2, -0.15) is 0 Å². The maximum absolute atomic E-state index is 2.28. The Labute approximate surface area is 63.0 Å². The molecule has 0 aromatic carbocycles. The van der Waals surface area contributed by atoms with Crippen LogP contribution in [0, 0.1) is 0 Å². The first kappa shape index (κ1) is 9.31. The van der Waals surface area contributed by atoms with E-state index in [1.807, 2.05) is 11.8 Å². The third-order valence-electron chi connectivity index (χ3n) is 1.31. The van der Waals surface area contributed by atoms with E-state index in [1.54, 1.807) is 0 Å². The summed E-state index contributed by atoms with van der Waals surface area (Å²) in [7, 11) is 4.56. The molecule has 0 radical (unpaired) electrons. The molecule has 0 aromatic heterocycles. The molecule has 0 aromatic rings. The molecule has 9 heavy (non-hydrogen) atoms. The molecule has 0 rings (SSSR count). The lowest BCUT2D eigenvalue weighted by Gasteiger charge is -2.27. The van der Waals surface area contributed by atoms with Gasteiger partial charge in [0.1, 0.15) is 5.88 Å². The van der Waals surface area contributed by atoms with E-state index in [4.69, 9.17) is 0 Å². The van der Waals surface area contributed by atoms with Gasteiger partial charge in [-0.25, -0.2) is 0 Å². The van der Waals surface area contributed by atoms with Crippen LogP contribution in [0.5, 0.6) is 0 Å². The Hall–Kier alpha value is 0.310. The van der Waals surface area contributed by atoms with E-state index in [0.717, 1.165) is 4.48 Å². The van der Waals surface area contributed by atoms with Gasteiger partial charge in [0.2, 0.25) is 0 Å². The zero-order chi connectivity index (χ0) is 7.33. The highest BCUT2D eigenvalue weighted by Gasteiger charge is 2.10. The second-order valence-electron chi connectivity index (χ2n) is 3.08. The molecule has 0 fully saturated rings. The normalized spacial score (nSPS) is 12.0. The number of hydrogen-bond acceptors (Lipinski definition) is 1. The van der Waals surface area contributed by atoms with Crippen LogP contribution in [0.2, 0.25) is 0 Å². The fraction of sp³-hybridized carbons (Fsp3) is 1.00. The summed E-state index contributed by atoms with van der Waals surface area (Å²) in [4.78, 5) is 0. The van der Waals surface area contributed by atoms with Crippen molar-refractivity contribution in [2.45, 2.75) is 13.3 Å². The second-order valence-corrected chi connectivity index (χ2v) is 3.91. The minimum Gasteiger partial charge on any atom is -0.320 e. The van der Waals surface area contributed by atoms with E-state index < -0.39 is 0 Å². The van der Waals surface area contributed by atoms with Crippen LogP contribution >= 0.6 is 11.8 Å².